The minimum atomic E-state index is 0.120. The predicted octanol–water partition coefficient (Wildman–Crippen LogP) is -0.144. The highest BCUT2D eigenvalue weighted by atomic mass is 32.1. The van der Waals surface area contributed by atoms with Gasteiger partial charge in [-0.05, 0) is 37.3 Å². The number of hydrazone groups is 1. The van der Waals surface area contributed by atoms with Crippen LogP contribution in [0, 0.1) is 0 Å². The monoisotopic (exact) mass is 280 g/mol. The molecule has 1 rings (SSSR count). The molecule has 0 unspecified atom stereocenters. The van der Waals surface area contributed by atoms with E-state index in [2.05, 4.69) is 22.4 Å². The number of rotatable bonds is 6. The van der Waals surface area contributed by atoms with Gasteiger partial charge in [0.25, 0.3) is 0 Å². The smallest absolute Gasteiger partial charge is 0.224 e. The van der Waals surface area contributed by atoms with Gasteiger partial charge in [-0.25, -0.2) is 0 Å². The molecule has 0 fully saturated rings. The van der Waals surface area contributed by atoms with Crippen molar-refractivity contribution >= 4 is 23.5 Å². The van der Waals surface area contributed by atoms with E-state index < -0.39 is 0 Å². The molecule has 0 aromatic heterocycles. The van der Waals surface area contributed by atoms with Crippen LogP contribution in [0.1, 0.15) is 12.5 Å². The van der Waals surface area contributed by atoms with E-state index in [9.17, 15) is 5.11 Å². The second kappa shape index (κ2) is 8.10. The Bertz CT molecular complexity index is 475. The Balaban J connectivity index is 2.59. The van der Waals surface area contributed by atoms with Gasteiger partial charge < -0.3 is 15.2 Å². The molecule has 0 saturated carbocycles. The Kier molecular flexibility index (Phi) is 6.38. The van der Waals surface area contributed by atoms with Gasteiger partial charge in [-0.2, -0.15) is 0 Å². The van der Waals surface area contributed by atoms with Crippen molar-refractivity contribution < 1.29 is 14.9 Å². The van der Waals surface area contributed by atoms with Crippen LogP contribution in [0.15, 0.2) is 30.9 Å². The highest BCUT2D eigenvalue weighted by Gasteiger charge is 2.03. The van der Waals surface area contributed by atoms with Crippen molar-refractivity contribution in [3.05, 3.63) is 36.4 Å². The molecule has 1 aromatic carbocycles. The maximum Gasteiger partial charge on any atom is 0.224 e. The number of hydrazine groups is 1. The number of benzene rings is 1. The molecule has 0 aliphatic carbocycles. The van der Waals surface area contributed by atoms with E-state index >= 15 is 0 Å². The number of phenols is 1. The normalized spacial score (nSPS) is 10.2. The topological polar surface area (TPSA) is 67.5 Å². The van der Waals surface area contributed by atoms with Crippen molar-refractivity contribution in [2.24, 2.45) is 0 Å². The second-order valence-corrected chi connectivity index (χ2v) is 3.98. The molecule has 1 aromatic rings. The van der Waals surface area contributed by atoms with Gasteiger partial charge >= 0.3 is 0 Å². The fourth-order valence-corrected chi connectivity index (χ4v) is 1.43. The molecule has 0 aliphatic heterocycles. The summed E-state index contributed by atoms with van der Waals surface area (Å²) in [6, 6.07) is 5.06. The molecule has 0 heterocycles. The highest BCUT2D eigenvalue weighted by molar-refractivity contribution is 7.80. The van der Waals surface area contributed by atoms with Gasteiger partial charge in [0.05, 0.1) is 6.61 Å². The molecule has 0 atom stereocenters. The van der Waals surface area contributed by atoms with E-state index in [1.807, 2.05) is 6.92 Å². The minimum Gasteiger partial charge on any atom is -0.504 e. The largest absolute Gasteiger partial charge is 0.504 e. The number of hydrogen-bond donors (Lipinski definition) is 4. The lowest BCUT2D eigenvalue weighted by Gasteiger charge is -2.05. The number of ether oxygens (including phenoxy) is 1. The van der Waals surface area contributed by atoms with Crippen molar-refractivity contribution in [2.45, 2.75) is 6.92 Å². The minimum absolute atomic E-state index is 0.120. The fourth-order valence-electron chi connectivity index (χ4n) is 1.29. The lowest BCUT2D eigenvalue weighted by Crippen LogP contribution is -2.82. The summed E-state index contributed by atoms with van der Waals surface area (Å²) >= 11 is 5.01. The summed E-state index contributed by atoms with van der Waals surface area (Å²) in [4.78, 5) is 0. The average Bonchev–Trinajstić information content (AvgIpc) is 2.40. The van der Waals surface area contributed by atoms with Crippen LogP contribution in [0.25, 0.3) is 0 Å². The summed E-state index contributed by atoms with van der Waals surface area (Å²) in [5.74, 6) is 0.570. The first-order chi connectivity index (χ1) is 9.17. The molecule has 0 spiro atoms. The van der Waals surface area contributed by atoms with E-state index in [1.165, 1.54) is 0 Å². The number of nitrogens with one attached hydrogen (secondary N) is 3. The van der Waals surface area contributed by atoms with Crippen LogP contribution in [0.3, 0.4) is 0 Å². The molecule has 19 heavy (non-hydrogen) atoms. The van der Waals surface area contributed by atoms with Crippen molar-refractivity contribution in [3.63, 3.8) is 0 Å². The number of aromatic hydroxyl groups is 1. The summed E-state index contributed by atoms with van der Waals surface area (Å²) in [7, 11) is 0. The van der Waals surface area contributed by atoms with Gasteiger partial charge in [0, 0.05) is 12.1 Å². The van der Waals surface area contributed by atoms with E-state index in [1.54, 1.807) is 30.5 Å². The number of phenolic OH excluding ortho intramolecular Hbond substituents is 1. The standard InChI is InChI=1S/C13H17N3O2S/c1-3-7-14-13(19)16-15-9-10-5-6-11(17)12(8-10)18-4-2/h3,5-6,8-9,17H,1,4,7H2,2H3,(H2,14,16,19)/p+1/b15-9+. The third-order valence-electron chi connectivity index (χ3n) is 2.12. The first kappa shape index (κ1) is 15.0. The fraction of sp³-hybridized carbons (Fsp3) is 0.231. The molecule has 0 radical (unpaired) electrons. The van der Waals surface area contributed by atoms with Crippen molar-refractivity contribution in [1.82, 2.24) is 10.7 Å². The van der Waals surface area contributed by atoms with E-state index in [4.69, 9.17) is 17.0 Å². The van der Waals surface area contributed by atoms with Gasteiger partial charge in [0.2, 0.25) is 5.11 Å². The molecule has 6 heteroatoms. The Morgan fingerprint density at radius 2 is 2.37 bits per heavy atom. The van der Waals surface area contributed by atoms with Crippen LogP contribution in [0.2, 0.25) is 0 Å². The summed E-state index contributed by atoms with van der Waals surface area (Å²) in [6.45, 7) is 6.54. The van der Waals surface area contributed by atoms with Crippen molar-refractivity contribution in [1.29, 1.82) is 0 Å². The van der Waals surface area contributed by atoms with Crippen LogP contribution in [0.5, 0.6) is 11.5 Å². The predicted molar refractivity (Wildman–Crippen MR) is 79.3 cm³/mol. The van der Waals surface area contributed by atoms with Crippen molar-refractivity contribution in [2.75, 3.05) is 13.2 Å². The Morgan fingerprint density at radius 3 is 3.05 bits per heavy atom. The zero-order valence-corrected chi connectivity index (χ0v) is 11.6. The van der Waals surface area contributed by atoms with E-state index in [-0.39, 0.29) is 5.75 Å². The number of hydrogen-bond acceptors (Lipinski definition) is 3. The lowest BCUT2D eigenvalue weighted by molar-refractivity contribution is -0.500. The van der Waals surface area contributed by atoms with Gasteiger partial charge in [0.1, 0.15) is 0 Å². The number of thiocarbonyl (C=S) groups is 1. The molecule has 0 bridgehead atoms. The molecule has 5 nitrogen and oxygen atoms in total. The van der Waals surface area contributed by atoms with Gasteiger partial charge in [-0.15, -0.1) is 17.1 Å². The Hall–Kier alpha value is -2.08. The summed E-state index contributed by atoms with van der Waals surface area (Å²) in [6.07, 6.45) is 3.43. The van der Waals surface area contributed by atoms with Crippen molar-refractivity contribution in [3.8, 4) is 11.5 Å². The maximum atomic E-state index is 9.56. The third kappa shape index (κ3) is 5.39. The van der Waals surface area contributed by atoms with Crippen LogP contribution in [0.4, 0.5) is 0 Å². The van der Waals surface area contributed by atoms with Gasteiger partial charge in [0.15, 0.2) is 17.7 Å². The Morgan fingerprint density at radius 1 is 1.58 bits per heavy atom. The quantitative estimate of drug-likeness (QED) is 0.253. The van der Waals surface area contributed by atoms with Crippen LogP contribution >= 0.6 is 12.2 Å². The molecule has 0 aliphatic rings. The molecular weight excluding hydrogens is 262 g/mol. The molecule has 4 N–H and O–H groups in total. The summed E-state index contributed by atoms with van der Waals surface area (Å²) in [5.41, 5.74) is 3.64. The molecule has 0 saturated heterocycles. The van der Waals surface area contributed by atoms with Gasteiger partial charge in [-0.1, -0.05) is 6.08 Å². The average molecular weight is 280 g/mol. The molecule has 0 amide bonds. The second-order valence-electron chi connectivity index (χ2n) is 3.57. The SMILES string of the molecule is C=CCNC(=S)N/[NH+]=C/c1ccc(O)c(OCC)c1. The first-order valence-electron chi connectivity index (χ1n) is 5.86. The highest BCUT2D eigenvalue weighted by Crippen LogP contribution is 2.25. The third-order valence-corrected chi connectivity index (χ3v) is 2.36. The van der Waals surface area contributed by atoms with E-state index in [0.29, 0.717) is 24.0 Å². The lowest BCUT2D eigenvalue weighted by atomic mass is 10.2. The first-order valence-corrected chi connectivity index (χ1v) is 6.27. The maximum absolute atomic E-state index is 9.56. The van der Waals surface area contributed by atoms with Crippen LogP contribution in [-0.4, -0.2) is 29.6 Å². The zero-order chi connectivity index (χ0) is 14.1. The zero-order valence-electron chi connectivity index (χ0n) is 10.8. The van der Waals surface area contributed by atoms with Crippen LogP contribution in [-0.2, 0) is 0 Å². The van der Waals surface area contributed by atoms with Gasteiger partial charge in [-0.3, -0.25) is 0 Å². The summed E-state index contributed by atoms with van der Waals surface area (Å²) < 4.78 is 5.29. The molecular formula is C13H18N3O2S+. The summed E-state index contributed by atoms with van der Waals surface area (Å²) in [5, 5.41) is 15.8. The molecule has 102 valence electrons. The van der Waals surface area contributed by atoms with E-state index in [0.717, 1.165) is 5.56 Å². The van der Waals surface area contributed by atoms with Crippen LogP contribution < -0.4 is 20.6 Å². The Labute approximate surface area is 118 Å².